The van der Waals surface area contributed by atoms with Crippen LogP contribution in [-0.4, -0.2) is 42.5 Å². The zero-order valence-electron chi connectivity index (χ0n) is 22.8. The van der Waals surface area contributed by atoms with Crippen LogP contribution >= 0.6 is 21.6 Å². The highest BCUT2D eigenvalue weighted by Crippen LogP contribution is 2.45. The van der Waals surface area contributed by atoms with Crippen LogP contribution in [0.2, 0.25) is 0 Å². The predicted octanol–water partition coefficient (Wildman–Crippen LogP) is 7.09. The van der Waals surface area contributed by atoms with Crippen molar-refractivity contribution in [3.8, 4) is 0 Å². The Hall–Kier alpha value is -1.82. The third-order valence-electron chi connectivity index (χ3n) is 8.42. The van der Waals surface area contributed by atoms with Crippen LogP contribution in [0.25, 0.3) is 0 Å². The van der Waals surface area contributed by atoms with E-state index in [1.165, 1.54) is 12.1 Å². The zero-order valence-corrected chi connectivity index (χ0v) is 24.8. The first kappa shape index (κ1) is 33.1. The van der Waals surface area contributed by atoms with Crippen LogP contribution in [0.15, 0.2) is 42.5 Å². The second kappa shape index (κ2) is 13.4. The number of hydrogen-bond donors (Lipinski definition) is 2. The molecule has 2 aromatic rings. The van der Waals surface area contributed by atoms with Gasteiger partial charge in [-0.1, -0.05) is 12.1 Å². The lowest BCUT2D eigenvalue weighted by Crippen LogP contribution is -2.44. The Morgan fingerprint density at radius 1 is 1.02 bits per heavy atom. The Balaban J connectivity index is 1.44. The highest BCUT2D eigenvalue weighted by Gasteiger charge is 2.47. The molecular formula is C28H33BF7N2O2PS. The van der Waals surface area contributed by atoms with Gasteiger partial charge in [0.1, 0.15) is 5.82 Å². The van der Waals surface area contributed by atoms with E-state index >= 15 is 0 Å². The minimum absolute atomic E-state index is 0.0710. The number of alkyl halides is 6. The first-order valence-corrected chi connectivity index (χ1v) is 15.0. The van der Waals surface area contributed by atoms with E-state index in [4.69, 9.17) is 4.65 Å². The molecule has 0 spiro atoms. The normalized spacial score (nSPS) is 22.4. The molecule has 2 fully saturated rings. The smallest absolute Gasteiger partial charge is 0.416 e. The fourth-order valence-corrected chi connectivity index (χ4v) is 6.40. The van der Waals surface area contributed by atoms with Crippen molar-refractivity contribution in [2.75, 3.05) is 19.7 Å². The highest BCUT2D eigenvalue weighted by atomic mass is 32.1. The molecule has 2 aromatic carbocycles. The number of nitrogens with one attached hydrogen (secondary N) is 1. The molecule has 0 radical (unpaired) electrons. The van der Waals surface area contributed by atoms with Crippen molar-refractivity contribution in [3.05, 3.63) is 70.5 Å². The average molecular weight is 636 g/mol. The van der Waals surface area contributed by atoms with Crippen LogP contribution in [0.4, 0.5) is 30.7 Å². The van der Waals surface area contributed by atoms with E-state index in [-0.39, 0.29) is 30.1 Å². The van der Waals surface area contributed by atoms with Gasteiger partial charge in [0.05, 0.1) is 16.5 Å². The lowest BCUT2D eigenvalue weighted by Gasteiger charge is -2.37. The van der Waals surface area contributed by atoms with Gasteiger partial charge in [-0.25, -0.2) is 4.39 Å². The molecule has 0 aromatic heterocycles. The highest BCUT2D eigenvalue weighted by molar-refractivity contribution is 8.23. The summed E-state index contributed by atoms with van der Waals surface area (Å²) in [4.78, 5) is 15.9. The first-order valence-electron chi connectivity index (χ1n) is 13.8. The van der Waals surface area contributed by atoms with Crippen molar-refractivity contribution < 1.29 is 40.2 Å². The van der Waals surface area contributed by atoms with Crippen molar-refractivity contribution in [3.63, 3.8) is 0 Å². The summed E-state index contributed by atoms with van der Waals surface area (Å²) in [7, 11) is 2.38. The van der Waals surface area contributed by atoms with Gasteiger partial charge in [0.25, 0.3) is 0 Å². The Kier molecular flexibility index (Phi) is 10.6. The quantitative estimate of drug-likeness (QED) is 0.134. The summed E-state index contributed by atoms with van der Waals surface area (Å²) >= 11 is 4.18. The van der Waals surface area contributed by atoms with Gasteiger partial charge in [-0.15, -0.1) is 9.12 Å². The summed E-state index contributed by atoms with van der Waals surface area (Å²) in [5.74, 6) is -0.826. The van der Waals surface area contributed by atoms with Gasteiger partial charge >= 0.3 is 18.3 Å². The van der Waals surface area contributed by atoms with Gasteiger partial charge in [-0.3, -0.25) is 4.79 Å². The number of halogens is 7. The molecule has 42 heavy (non-hydrogen) atoms. The van der Waals surface area contributed by atoms with Crippen LogP contribution in [0, 0.1) is 11.2 Å². The summed E-state index contributed by atoms with van der Waals surface area (Å²) in [6.45, 7) is 1.35. The molecule has 3 unspecified atom stereocenters. The van der Waals surface area contributed by atoms with E-state index < -0.39 is 47.3 Å². The summed E-state index contributed by atoms with van der Waals surface area (Å²) in [6, 6.07) is 7.97. The fraction of sp³-hybridized carbons (Fsp3) is 0.536. The number of benzene rings is 2. The van der Waals surface area contributed by atoms with Crippen molar-refractivity contribution in [1.29, 1.82) is 0 Å². The molecule has 1 N–H and O–H groups in total. The first-order chi connectivity index (χ1) is 19.7. The van der Waals surface area contributed by atoms with Crippen molar-refractivity contribution >= 4 is 33.4 Å². The zero-order chi connectivity index (χ0) is 30.7. The predicted molar refractivity (Wildman–Crippen MR) is 153 cm³/mol. The van der Waals surface area contributed by atoms with Crippen LogP contribution in [0.3, 0.4) is 0 Å². The minimum Gasteiger partial charge on any atom is -0.422 e. The van der Waals surface area contributed by atoms with Gasteiger partial charge in [-0.05, 0) is 99.0 Å². The molecule has 2 aliphatic rings. The fourth-order valence-electron chi connectivity index (χ4n) is 6.16. The van der Waals surface area contributed by atoms with E-state index in [0.29, 0.717) is 37.3 Å². The number of nitrogens with zero attached hydrogens (tertiary/aromatic N) is 1. The molecule has 4 rings (SSSR count). The molecule has 1 amide bonds. The Labute approximate surface area is 248 Å². The van der Waals surface area contributed by atoms with E-state index in [9.17, 15) is 35.5 Å². The van der Waals surface area contributed by atoms with Gasteiger partial charge < -0.3 is 14.9 Å². The van der Waals surface area contributed by atoms with E-state index in [1.54, 1.807) is 0 Å². The van der Waals surface area contributed by atoms with Gasteiger partial charge in [0.2, 0.25) is 5.91 Å². The maximum Gasteiger partial charge on any atom is 0.416 e. The largest absolute Gasteiger partial charge is 0.422 e. The summed E-state index contributed by atoms with van der Waals surface area (Å²) < 4.78 is 98.7. The number of carbonyl (C=O) groups is 1. The molecule has 0 bridgehead atoms. The molecule has 1 heterocycles. The minimum atomic E-state index is -4.97. The number of likely N-dealkylation sites (tertiary alicyclic amines) is 1. The molecule has 1 saturated heterocycles. The van der Waals surface area contributed by atoms with Crippen molar-refractivity contribution in [1.82, 2.24) is 10.2 Å². The number of carbonyl (C=O) groups excluding carboxylic acids is 1. The summed E-state index contributed by atoms with van der Waals surface area (Å²) in [5, 5.41) is 2.63. The number of rotatable bonds is 9. The molecule has 1 aliphatic carbocycles. The maximum absolute atomic E-state index is 13.6. The molecule has 3 atom stereocenters. The van der Waals surface area contributed by atoms with E-state index in [2.05, 4.69) is 31.8 Å². The number of piperidine rings is 1. The Bertz CT molecular complexity index is 1190. The molecular weight excluding hydrogens is 603 g/mol. The molecule has 4 nitrogen and oxygen atoms in total. The van der Waals surface area contributed by atoms with Gasteiger partial charge in [-0.2, -0.15) is 38.8 Å². The lowest BCUT2D eigenvalue weighted by atomic mass is 9.81. The standard InChI is InChI=1S/C28H33BF7N2O2PS/c30-23-3-1-19(2-4-23)20-6-10-38(11-7-20)24-5-8-26(16-24,9-12-40-29(41)42)25(39)37-17-18-13-21(27(31,32)33)15-22(14-18)28(34,35)36/h1-4,13-15,20,24,42H,5-12,16-17,41H2,(H,37,39). The number of thiol groups is 1. The lowest BCUT2D eigenvalue weighted by molar-refractivity contribution is -0.143. The summed E-state index contributed by atoms with van der Waals surface area (Å²) in [6.07, 6.45) is -6.11. The second-order valence-electron chi connectivity index (χ2n) is 11.1. The molecule has 1 aliphatic heterocycles. The second-order valence-corrected chi connectivity index (χ2v) is 12.8. The van der Waals surface area contributed by atoms with E-state index in [1.807, 2.05) is 12.1 Å². The summed E-state index contributed by atoms with van der Waals surface area (Å²) in [5.41, 5.74) is -2.92. The third kappa shape index (κ3) is 8.42. The molecule has 230 valence electrons. The Morgan fingerprint density at radius 2 is 1.62 bits per heavy atom. The average Bonchev–Trinajstić information content (AvgIpc) is 3.36. The molecule has 14 heteroatoms. The number of amides is 1. The monoisotopic (exact) mass is 636 g/mol. The van der Waals surface area contributed by atoms with Crippen LogP contribution in [-0.2, 0) is 28.3 Å². The topological polar surface area (TPSA) is 41.6 Å². The number of hydrogen-bond acceptors (Lipinski definition) is 4. The van der Waals surface area contributed by atoms with Gasteiger partial charge in [0, 0.05) is 19.2 Å². The van der Waals surface area contributed by atoms with Gasteiger partial charge in [0.15, 0.2) is 0 Å². The van der Waals surface area contributed by atoms with Crippen molar-refractivity contribution in [2.24, 2.45) is 5.41 Å². The van der Waals surface area contributed by atoms with Crippen molar-refractivity contribution in [2.45, 2.75) is 69.4 Å². The van der Waals surface area contributed by atoms with Crippen LogP contribution in [0.1, 0.15) is 66.7 Å². The van der Waals surface area contributed by atoms with Crippen LogP contribution in [0.5, 0.6) is 0 Å². The Morgan fingerprint density at radius 3 is 2.17 bits per heavy atom. The van der Waals surface area contributed by atoms with E-state index in [0.717, 1.165) is 37.9 Å². The maximum atomic E-state index is 13.6. The molecule has 1 saturated carbocycles. The third-order valence-corrected chi connectivity index (χ3v) is 8.76. The van der Waals surface area contributed by atoms with Crippen LogP contribution < -0.4 is 5.32 Å². The SMILES string of the molecule is O=C(NCc1cc(C(F)(F)F)cc(C(F)(F)F)c1)C1(CCOB(P)S)CCC(N2CCC(c3ccc(F)cc3)CC2)C1.